The average molecular weight is 617 g/mol. The van der Waals surface area contributed by atoms with Crippen molar-refractivity contribution in [2.75, 3.05) is 44.7 Å². The number of halogens is 1. The Morgan fingerprint density at radius 2 is 1.43 bits per heavy atom. The van der Waals surface area contributed by atoms with Crippen LogP contribution in [0, 0.1) is 5.82 Å². The standard InChI is InChI=1S/C38H37FN4O3/c1-26-25-45-37-34-31(23-33(39)35(37)42-21-19-41(3)20-22-42)36(44)32(24-43(26)34)27(2)40-46-38(28-13-7-4-8-14-28,29-15-9-5-10-16-29)30-17-11-6-12-18-30/h4-18,23-24,26H,19-22,25H2,1-3H3. The number of anilines is 1. The summed E-state index contributed by atoms with van der Waals surface area (Å²) < 4.78 is 24.2. The topological polar surface area (TPSA) is 59.3 Å². The highest BCUT2D eigenvalue weighted by Crippen LogP contribution is 2.43. The molecule has 2 aliphatic rings. The van der Waals surface area contributed by atoms with E-state index < -0.39 is 11.4 Å². The molecule has 1 saturated heterocycles. The minimum absolute atomic E-state index is 0.0779. The monoisotopic (exact) mass is 616 g/mol. The van der Waals surface area contributed by atoms with Crippen LogP contribution in [0.2, 0.25) is 0 Å². The number of pyridine rings is 1. The molecule has 8 heteroatoms. The van der Waals surface area contributed by atoms with Crippen molar-refractivity contribution < 1.29 is 14.0 Å². The van der Waals surface area contributed by atoms with E-state index in [1.807, 2.05) is 114 Å². The van der Waals surface area contributed by atoms with Gasteiger partial charge in [0.2, 0.25) is 5.60 Å². The Labute approximate surface area is 268 Å². The van der Waals surface area contributed by atoms with Crippen molar-refractivity contribution in [2.24, 2.45) is 5.16 Å². The fraction of sp³-hybridized carbons (Fsp3) is 0.263. The summed E-state index contributed by atoms with van der Waals surface area (Å²) in [5.74, 6) is -0.0205. The molecule has 0 radical (unpaired) electrons. The van der Waals surface area contributed by atoms with E-state index in [4.69, 9.17) is 14.7 Å². The molecule has 0 bridgehead atoms. The average Bonchev–Trinajstić information content (AvgIpc) is 3.09. The first-order chi connectivity index (χ1) is 22.4. The predicted molar refractivity (Wildman–Crippen MR) is 181 cm³/mol. The first-order valence-corrected chi connectivity index (χ1v) is 15.8. The van der Waals surface area contributed by atoms with E-state index in [2.05, 4.69) is 11.9 Å². The van der Waals surface area contributed by atoms with Gasteiger partial charge in [-0.15, -0.1) is 0 Å². The van der Waals surface area contributed by atoms with E-state index >= 15 is 4.39 Å². The maximum Gasteiger partial charge on any atom is 0.212 e. The van der Waals surface area contributed by atoms with E-state index in [0.29, 0.717) is 47.9 Å². The van der Waals surface area contributed by atoms with Crippen molar-refractivity contribution in [1.29, 1.82) is 0 Å². The van der Waals surface area contributed by atoms with Gasteiger partial charge in [0.05, 0.1) is 28.2 Å². The molecular formula is C38H37FN4O3. The van der Waals surface area contributed by atoms with Crippen molar-refractivity contribution in [1.82, 2.24) is 9.47 Å². The molecule has 0 spiro atoms. The van der Waals surface area contributed by atoms with Gasteiger partial charge < -0.3 is 23.9 Å². The van der Waals surface area contributed by atoms with Crippen molar-refractivity contribution in [3.8, 4) is 5.75 Å². The van der Waals surface area contributed by atoms with E-state index in [-0.39, 0.29) is 16.9 Å². The van der Waals surface area contributed by atoms with Gasteiger partial charge in [0, 0.05) is 49.1 Å². The lowest BCUT2D eigenvalue weighted by Gasteiger charge is -2.37. The molecule has 0 aliphatic carbocycles. The summed E-state index contributed by atoms with van der Waals surface area (Å²) in [5.41, 5.74) is 3.06. The number of rotatable bonds is 7. The smallest absolute Gasteiger partial charge is 0.212 e. The number of hydrogen-bond donors (Lipinski definition) is 0. The third-order valence-corrected chi connectivity index (χ3v) is 9.21. The molecule has 3 heterocycles. The second kappa shape index (κ2) is 12.1. The maximum atomic E-state index is 15.9. The third kappa shape index (κ3) is 5.03. The summed E-state index contributed by atoms with van der Waals surface area (Å²) in [4.78, 5) is 25.1. The number of aromatic nitrogens is 1. The number of benzene rings is 4. The Morgan fingerprint density at radius 3 is 1.98 bits per heavy atom. The Bertz CT molecular complexity index is 1860. The number of nitrogens with zero attached hydrogens (tertiary/aromatic N) is 4. The summed E-state index contributed by atoms with van der Waals surface area (Å²) in [6.45, 7) is 7.17. The van der Waals surface area contributed by atoms with Crippen molar-refractivity contribution in [3.05, 3.63) is 142 Å². The van der Waals surface area contributed by atoms with Gasteiger partial charge in [-0.05, 0) is 27.0 Å². The van der Waals surface area contributed by atoms with Crippen LogP contribution in [0.1, 0.15) is 42.1 Å². The van der Waals surface area contributed by atoms with Gasteiger partial charge in [-0.1, -0.05) is 96.2 Å². The first kappa shape index (κ1) is 29.7. The zero-order valence-electron chi connectivity index (χ0n) is 26.3. The Hall–Kier alpha value is -4.95. The Kier molecular flexibility index (Phi) is 7.82. The Morgan fingerprint density at radius 1 is 0.891 bits per heavy atom. The van der Waals surface area contributed by atoms with Crippen LogP contribution in [-0.4, -0.2) is 55.0 Å². The SMILES string of the molecule is CC(=NOC(c1ccccc1)(c1ccccc1)c1ccccc1)c1cn2c3c(c(N4CCN(C)CC4)c(F)cc3c1=O)OCC2C. The lowest BCUT2D eigenvalue weighted by Crippen LogP contribution is -2.45. The van der Waals surface area contributed by atoms with E-state index in [1.165, 1.54) is 6.07 Å². The lowest BCUT2D eigenvalue weighted by molar-refractivity contribution is 0.0172. The van der Waals surface area contributed by atoms with Gasteiger partial charge in [-0.2, -0.15) is 0 Å². The third-order valence-electron chi connectivity index (χ3n) is 9.21. The quantitative estimate of drug-likeness (QED) is 0.118. The molecule has 7 nitrogen and oxygen atoms in total. The molecule has 0 saturated carbocycles. The number of piperazine rings is 1. The van der Waals surface area contributed by atoms with Gasteiger partial charge in [-0.25, -0.2) is 4.39 Å². The van der Waals surface area contributed by atoms with Gasteiger partial charge in [0.15, 0.2) is 17.0 Å². The van der Waals surface area contributed by atoms with E-state index in [0.717, 1.165) is 29.8 Å². The molecule has 4 aromatic carbocycles. The van der Waals surface area contributed by atoms with Gasteiger partial charge in [0.25, 0.3) is 0 Å². The molecule has 1 aromatic heterocycles. The molecular weight excluding hydrogens is 579 g/mol. The molecule has 2 aliphatic heterocycles. The van der Waals surface area contributed by atoms with Crippen molar-refractivity contribution in [3.63, 3.8) is 0 Å². The minimum Gasteiger partial charge on any atom is -0.487 e. The molecule has 7 rings (SSSR count). The molecule has 0 amide bonds. The van der Waals surface area contributed by atoms with Crippen LogP contribution in [0.3, 0.4) is 0 Å². The number of oxime groups is 1. The van der Waals surface area contributed by atoms with Crippen molar-refractivity contribution in [2.45, 2.75) is 25.5 Å². The summed E-state index contributed by atoms with van der Waals surface area (Å²) in [6.07, 6.45) is 1.82. The summed E-state index contributed by atoms with van der Waals surface area (Å²) in [5, 5.41) is 4.96. The number of ether oxygens (including phenoxy) is 1. The highest BCUT2D eigenvalue weighted by molar-refractivity contribution is 6.02. The summed E-state index contributed by atoms with van der Waals surface area (Å²) in [7, 11) is 2.06. The molecule has 46 heavy (non-hydrogen) atoms. The first-order valence-electron chi connectivity index (χ1n) is 15.8. The van der Waals surface area contributed by atoms with E-state index in [1.54, 1.807) is 6.92 Å². The number of hydrogen-bond acceptors (Lipinski definition) is 6. The second-order valence-corrected chi connectivity index (χ2v) is 12.2. The summed E-state index contributed by atoms with van der Waals surface area (Å²) >= 11 is 0. The highest BCUT2D eigenvalue weighted by Gasteiger charge is 2.40. The van der Waals surface area contributed by atoms with E-state index in [9.17, 15) is 4.79 Å². The fourth-order valence-corrected chi connectivity index (χ4v) is 6.66. The Balaban J connectivity index is 1.38. The van der Waals surface area contributed by atoms with Gasteiger partial charge >= 0.3 is 0 Å². The lowest BCUT2D eigenvalue weighted by atomic mass is 9.80. The zero-order valence-corrected chi connectivity index (χ0v) is 26.3. The van der Waals surface area contributed by atoms with Crippen LogP contribution >= 0.6 is 0 Å². The maximum absolute atomic E-state index is 15.9. The molecule has 1 fully saturated rings. The van der Waals surface area contributed by atoms with Crippen LogP contribution in [0.4, 0.5) is 10.1 Å². The fourth-order valence-electron chi connectivity index (χ4n) is 6.66. The van der Waals surface area contributed by atoms with Crippen LogP contribution in [-0.2, 0) is 10.4 Å². The van der Waals surface area contributed by atoms with Crippen LogP contribution in [0.25, 0.3) is 10.9 Å². The number of likely N-dealkylation sites (N-methyl/N-ethyl adjacent to an activating group) is 1. The van der Waals surface area contributed by atoms with Gasteiger partial charge in [-0.3, -0.25) is 4.79 Å². The minimum atomic E-state index is -1.09. The second-order valence-electron chi connectivity index (χ2n) is 12.2. The summed E-state index contributed by atoms with van der Waals surface area (Å²) in [6, 6.07) is 31.1. The molecule has 0 N–H and O–H groups in total. The van der Waals surface area contributed by atoms with Crippen LogP contribution in [0.15, 0.2) is 113 Å². The zero-order chi connectivity index (χ0) is 31.8. The van der Waals surface area contributed by atoms with Gasteiger partial charge in [0.1, 0.15) is 12.3 Å². The molecule has 234 valence electrons. The normalized spacial score (nSPS) is 17.2. The molecule has 5 aromatic rings. The van der Waals surface area contributed by atoms with Crippen LogP contribution in [0.5, 0.6) is 5.75 Å². The molecule has 1 unspecified atom stereocenters. The molecule has 1 atom stereocenters. The largest absolute Gasteiger partial charge is 0.487 e. The predicted octanol–water partition coefficient (Wildman–Crippen LogP) is 6.58. The van der Waals surface area contributed by atoms with Crippen molar-refractivity contribution >= 4 is 22.3 Å². The highest BCUT2D eigenvalue weighted by atomic mass is 19.1. The van der Waals surface area contributed by atoms with Crippen LogP contribution < -0.4 is 15.1 Å².